The molecule has 1 amide bonds. The van der Waals surface area contributed by atoms with Gasteiger partial charge in [0.05, 0.1) is 11.6 Å². The van der Waals surface area contributed by atoms with E-state index in [0.717, 1.165) is 0 Å². The van der Waals surface area contributed by atoms with Gasteiger partial charge in [0.25, 0.3) is 5.91 Å². The summed E-state index contributed by atoms with van der Waals surface area (Å²) in [5, 5.41) is 21.7. The van der Waals surface area contributed by atoms with Gasteiger partial charge in [0, 0.05) is 12.1 Å². The maximum Gasteiger partial charge on any atom is 0.334 e. The van der Waals surface area contributed by atoms with Crippen LogP contribution in [-0.4, -0.2) is 34.6 Å². The van der Waals surface area contributed by atoms with E-state index in [2.05, 4.69) is 0 Å². The van der Waals surface area contributed by atoms with Crippen molar-refractivity contribution in [3.63, 3.8) is 0 Å². The van der Waals surface area contributed by atoms with E-state index < -0.39 is 23.5 Å². The lowest BCUT2D eigenvalue weighted by molar-refractivity contribution is -0.139. The van der Waals surface area contributed by atoms with Gasteiger partial charge in [0.15, 0.2) is 5.60 Å². The first-order valence-corrected chi connectivity index (χ1v) is 8.40. The lowest BCUT2D eigenvalue weighted by Crippen LogP contribution is -2.45. The van der Waals surface area contributed by atoms with Gasteiger partial charge in [-0.1, -0.05) is 48.6 Å². The molecule has 3 rings (SSSR count). The summed E-state index contributed by atoms with van der Waals surface area (Å²) in [5.41, 5.74) is 3.58. The van der Waals surface area contributed by atoms with E-state index in [4.69, 9.17) is 16.3 Å². The number of amides is 1. The number of nitrogens with two attached hydrogens (primary N) is 2. The van der Waals surface area contributed by atoms with Crippen LogP contribution in [0.25, 0.3) is 0 Å². The molecule has 1 aliphatic heterocycles. The minimum absolute atomic E-state index is 0.0518. The Labute approximate surface area is 161 Å². The van der Waals surface area contributed by atoms with Gasteiger partial charge >= 0.3 is 5.97 Å². The number of hydrogen-bond donors (Lipinski definition) is 3. The van der Waals surface area contributed by atoms with Crippen molar-refractivity contribution in [2.24, 2.45) is 11.6 Å². The van der Waals surface area contributed by atoms with Gasteiger partial charge in [0.2, 0.25) is 0 Å². The van der Waals surface area contributed by atoms with E-state index in [1.165, 1.54) is 35.3 Å². The molecule has 2 unspecified atom stereocenters. The van der Waals surface area contributed by atoms with Gasteiger partial charge in [-0.15, -0.1) is 0 Å². The van der Waals surface area contributed by atoms with Crippen LogP contribution in [0.1, 0.15) is 16.7 Å². The highest BCUT2D eigenvalue weighted by molar-refractivity contribution is 5.90. The monoisotopic (exact) mass is 378 g/mol. The number of ether oxygens (including phenoxy) is 1. The summed E-state index contributed by atoms with van der Waals surface area (Å²) in [7, 11) is 0. The first-order chi connectivity index (χ1) is 13.4. The van der Waals surface area contributed by atoms with Gasteiger partial charge in [-0.25, -0.2) is 9.80 Å². The van der Waals surface area contributed by atoms with Crippen molar-refractivity contribution in [2.75, 3.05) is 6.54 Å². The SMILES string of the molecule is N#Cc1ccc(C(O)(C(N)=O)c2ccccc2)c(OC(=O)C2C=CCN2N)c1. The smallest absolute Gasteiger partial charge is 0.334 e. The third-order valence-electron chi connectivity index (χ3n) is 4.49. The summed E-state index contributed by atoms with van der Waals surface area (Å²) < 4.78 is 5.43. The van der Waals surface area contributed by atoms with Crippen LogP contribution in [0.4, 0.5) is 0 Å². The van der Waals surface area contributed by atoms with E-state index in [9.17, 15) is 20.0 Å². The number of rotatable bonds is 5. The third kappa shape index (κ3) is 3.37. The second-order valence-corrected chi connectivity index (χ2v) is 6.25. The van der Waals surface area contributed by atoms with Gasteiger partial charge in [0.1, 0.15) is 11.8 Å². The van der Waals surface area contributed by atoms with Crippen LogP contribution >= 0.6 is 0 Å². The molecule has 0 aromatic heterocycles. The quantitative estimate of drug-likeness (QED) is 0.294. The number of esters is 1. The molecule has 0 spiro atoms. The zero-order chi connectivity index (χ0) is 20.3. The molecular weight excluding hydrogens is 360 g/mol. The summed E-state index contributed by atoms with van der Waals surface area (Å²) in [5.74, 6) is 3.83. The molecule has 142 valence electrons. The Hall–Kier alpha value is -3.51. The number of nitrogens with zero attached hydrogens (tertiary/aromatic N) is 2. The number of benzene rings is 2. The summed E-state index contributed by atoms with van der Waals surface area (Å²) in [6.07, 6.45) is 3.29. The van der Waals surface area contributed by atoms with E-state index in [0.29, 0.717) is 6.54 Å². The largest absolute Gasteiger partial charge is 0.425 e. The fraction of sp³-hybridized carbons (Fsp3) is 0.150. The van der Waals surface area contributed by atoms with Crippen molar-refractivity contribution in [3.05, 3.63) is 77.4 Å². The normalized spacial score (nSPS) is 18.2. The van der Waals surface area contributed by atoms with Crippen LogP contribution in [0.3, 0.4) is 0 Å². The minimum Gasteiger partial charge on any atom is -0.425 e. The number of hydrogen-bond acceptors (Lipinski definition) is 7. The van der Waals surface area contributed by atoms with Crippen LogP contribution in [-0.2, 0) is 15.2 Å². The Balaban J connectivity index is 2.10. The molecule has 0 fully saturated rings. The van der Waals surface area contributed by atoms with Gasteiger partial charge in [-0.2, -0.15) is 5.26 Å². The number of carbonyl (C=O) groups excluding carboxylic acids is 2. The number of nitriles is 1. The van der Waals surface area contributed by atoms with Crippen LogP contribution in [0.15, 0.2) is 60.7 Å². The van der Waals surface area contributed by atoms with Crippen molar-refractivity contribution in [1.29, 1.82) is 5.26 Å². The number of aliphatic hydroxyl groups is 1. The van der Waals surface area contributed by atoms with Crippen LogP contribution in [0, 0.1) is 11.3 Å². The summed E-state index contributed by atoms with van der Waals surface area (Å²) >= 11 is 0. The number of carbonyl (C=O) groups is 2. The maximum absolute atomic E-state index is 12.5. The molecule has 0 saturated carbocycles. The van der Waals surface area contributed by atoms with Crippen molar-refractivity contribution in [3.8, 4) is 11.8 Å². The van der Waals surface area contributed by atoms with E-state index in [1.807, 2.05) is 6.07 Å². The predicted molar refractivity (Wildman–Crippen MR) is 99.2 cm³/mol. The molecule has 1 aliphatic rings. The Morgan fingerprint density at radius 3 is 2.54 bits per heavy atom. The Morgan fingerprint density at radius 2 is 1.96 bits per heavy atom. The molecular formula is C20H18N4O4. The summed E-state index contributed by atoms with van der Waals surface area (Å²) in [6.45, 7) is 0.375. The van der Waals surface area contributed by atoms with Crippen LogP contribution in [0.5, 0.6) is 5.75 Å². The fourth-order valence-corrected chi connectivity index (χ4v) is 3.00. The zero-order valence-electron chi connectivity index (χ0n) is 14.8. The summed E-state index contributed by atoms with van der Waals surface area (Å²) in [4.78, 5) is 24.8. The Kier molecular flexibility index (Phi) is 5.24. The zero-order valence-corrected chi connectivity index (χ0v) is 14.8. The highest BCUT2D eigenvalue weighted by Crippen LogP contribution is 2.36. The van der Waals surface area contributed by atoms with Crippen LogP contribution < -0.4 is 16.3 Å². The fourth-order valence-electron chi connectivity index (χ4n) is 3.00. The van der Waals surface area contributed by atoms with Crippen molar-refractivity contribution >= 4 is 11.9 Å². The second kappa shape index (κ2) is 7.62. The van der Waals surface area contributed by atoms with E-state index >= 15 is 0 Å². The molecule has 0 saturated heterocycles. The minimum atomic E-state index is -2.27. The van der Waals surface area contributed by atoms with E-state index in [1.54, 1.807) is 30.4 Å². The standard InChI is InChI=1S/C20H18N4O4/c21-12-13-8-9-15(20(27,19(22)26)14-5-2-1-3-6-14)17(11-13)28-18(25)16-7-4-10-24(16)23/h1-9,11,16,27H,10,23H2,(H2,22,26). The Morgan fingerprint density at radius 1 is 1.25 bits per heavy atom. The van der Waals surface area contributed by atoms with Crippen molar-refractivity contribution in [2.45, 2.75) is 11.6 Å². The van der Waals surface area contributed by atoms with Crippen molar-refractivity contribution in [1.82, 2.24) is 5.01 Å². The molecule has 2 atom stereocenters. The highest BCUT2D eigenvalue weighted by atomic mass is 16.5. The number of primary amides is 1. The maximum atomic E-state index is 12.5. The topological polar surface area (TPSA) is 143 Å². The van der Waals surface area contributed by atoms with Gasteiger partial charge in [-0.3, -0.25) is 10.6 Å². The molecule has 0 aliphatic carbocycles. The average molecular weight is 378 g/mol. The lowest BCUT2D eigenvalue weighted by atomic mass is 9.84. The molecule has 8 heteroatoms. The first kappa shape index (κ1) is 19.3. The van der Waals surface area contributed by atoms with Crippen LogP contribution in [0.2, 0.25) is 0 Å². The molecule has 0 bridgehead atoms. The summed E-state index contributed by atoms with van der Waals surface area (Å²) in [6, 6.07) is 13.1. The molecule has 28 heavy (non-hydrogen) atoms. The Bertz CT molecular complexity index is 983. The third-order valence-corrected chi connectivity index (χ3v) is 4.49. The van der Waals surface area contributed by atoms with Crippen molar-refractivity contribution < 1.29 is 19.4 Å². The molecule has 2 aromatic rings. The number of hydrazine groups is 1. The second-order valence-electron chi connectivity index (χ2n) is 6.25. The molecule has 0 radical (unpaired) electrons. The molecule has 8 nitrogen and oxygen atoms in total. The molecule has 2 aromatic carbocycles. The highest BCUT2D eigenvalue weighted by Gasteiger charge is 2.41. The molecule has 1 heterocycles. The van der Waals surface area contributed by atoms with Gasteiger partial charge < -0.3 is 15.6 Å². The lowest BCUT2D eigenvalue weighted by Gasteiger charge is -2.28. The average Bonchev–Trinajstić information content (AvgIpc) is 3.13. The van der Waals surface area contributed by atoms with E-state index in [-0.39, 0.29) is 22.4 Å². The molecule has 5 N–H and O–H groups in total. The van der Waals surface area contributed by atoms with Gasteiger partial charge in [-0.05, 0) is 17.7 Å². The first-order valence-electron chi connectivity index (χ1n) is 8.40. The predicted octanol–water partition coefficient (Wildman–Crippen LogP) is 0.299.